The summed E-state index contributed by atoms with van der Waals surface area (Å²) >= 11 is 0. The second kappa shape index (κ2) is 7.82. The van der Waals surface area contributed by atoms with Crippen LogP contribution in [0.3, 0.4) is 0 Å². The normalized spacial score (nSPS) is 11.3. The number of rotatable bonds is 6. The zero-order valence-electron chi connectivity index (χ0n) is 16.5. The smallest absolute Gasteiger partial charge is 0.226 e. The third-order valence-electron chi connectivity index (χ3n) is 4.85. The van der Waals surface area contributed by atoms with Gasteiger partial charge in [0, 0.05) is 31.0 Å². The molecule has 0 aliphatic heterocycles. The topological polar surface area (TPSA) is 47.1 Å². The number of benzene rings is 2. The summed E-state index contributed by atoms with van der Waals surface area (Å²) in [6.07, 6.45) is 3.73. The minimum absolute atomic E-state index is 0.697. The van der Waals surface area contributed by atoms with E-state index in [2.05, 4.69) is 60.4 Å². The van der Waals surface area contributed by atoms with E-state index in [4.69, 9.17) is 9.40 Å². The molecule has 4 rings (SSSR count). The Morgan fingerprint density at radius 3 is 2.46 bits per heavy atom. The van der Waals surface area contributed by atoms with E-state index in [1.54, 1.807) is 6.20 Å². The third kappa shape index (κ3) is 3.89. The highest BCUT2D eigenvalue weighted by atomic mass is 16.4. The lowest BCUT2D eigenvalue weighted by Gasteiger charge is -2.15. The van der Waals surface area contributed by atoms with Gasteiger partial charge < -0.3 is 4.42 Å². The van der Waals surface area contributed by atoms with Gasteiger partial charge in [-0.3, -0.25) is 4.90 Å². The molecule has 5 nitrogen and oxygen atoms in total. The van der Waals surface area contributed by atoms with E-state index >= 15 is 0 Å². The highest BCUT2D eigenvalue weighted by Crippen LogP contribution is 2.25. The largest absolute Gasteiger partial charge is 0.441 e. The van der Waals surface area contributed by atoms with E-state index in [1.165, 1.54) is 11.1 Å². The van der Waals surface area contributed by atoms with Crippen LogP contribution >= 0.6 is 0 Å². The first-order chi connectivity index (χ1) is 13.6. The first-order valence-corrected chi connectivity index (χ1v) is 9.40. The lowest BCUT2D eigenvalue weighted by Crippen LogP contribution is -2.18. The van der Waals surface area contributed by atoms with Crippen LogP contribution in [0.15, 0.2) is 71.4 Å². The quantitative estimate of drug-likeness (QED) is 0.489. The van der Waals surface area contributed by atoms with Gasteiger partial charge in [0.2, 0.25) is 5.89 Å². The molecule has 0 amide bonds. The number of nitrogens with zero attached hydrogens (tertiary/aromatic N) is 4. The van der Waals surface area contributed by atoms with Crippen LogP contribution in [0, 0.1) is 13.8 Å². The lowest BCUT2D eigenvalue weighted by molar-refractivity contribution is 0.313. The standard InChI is InChI=1S/C23H24N4O/c1-17-7-4-5-8-21(17)23-25-22(18(2)28-23)16-26(3)15-19-9-11-20(12-10-19)27-14-6-13-24-27/h4-14H,15-16H2,1-3H3. The van der Waals surface area contributed by atoms with Crippen molar-refractivity contribution in [3.8, 4) is 17.1 Å². The van der Waals surface area contributed by atoms with E-state index in [0.29, 0.717) is 5.89 Å². The number of hydrogen-bond acceptors (Lipinski definition) is 4. The summed E-state index contributed by atoms with van der Waals surface area (Å²) in [7, 11) is 2.10. The van der Waals surface area contributed by atoms with Crippen molar-refractivity contribution in [3.63, 3.8) is 0 Å². The molecule has 5 heteroatoms. The van der Waals surface area contributed by atoms with E-state index in [1.807, 2.05) is 36.0 Å². The Morgan fingerprint density at radius 2 is 1.75 bits per heavy atom. The summed E-state index contributed by atoms with van der Waals surface area (Å²) in [5, 5.41) is 4.26. The number of hydrogen-bond donors (Lipinski definition) is 0. The van der Waals surface area contributed by atoms with Crippen LogP contribution in [0.4, 0.5) is 0 Å². The summed E-state index contributed by atoms with van der Waals surface area (Å²) < 4.78 is 7.80. The van der Waals surface area contributed by atoms with Gasteiger partial charge in [0.05, 0.1) is 11.4 Å². The molecule has 0 saturated carbocycles. The van der Waals surface area contributed by atoms with Crippen molar-refractivity contribution < 1.29 is 4.42 Å². The van der Waals surface area contributed by atoms with Crippen LogP contribution in [0.2, 0.25) is 0 Å². The Bertz CT molecular complexity index is 1050. The molecule has 0 bridgehead atoms. The monoisotopic (exact) mass is 372 g/mol. The average Bonchev–Trinajstić information content (AvgIpc) is 3.33. The molecule has 0 atom stereocenters. The molecule has 0 fully saturated rings. The summed E-state index contributed by atoms with van der Waals surface area (Å²) in [5.74, 6) is 1.57. The molecule has 2 aromatic heterocycles. The molecule has 0 spiro atoms. The predicted molar refractivity (Wildman–Crippen MR) is 110 cm³/mol. The highest BCUT2D eigenvalue weighted by Gasteiger charge is 2.14. The molecule has 28 heavy (non-hydrogen) atoms. The first-order valence-electron chi connectivity index (χ1n) is 9.40. The SMILES string of the molecule is Cc1ccccc1-c1nc(CN(C)Cc2ccc(-n3cccn3)cc2)c(C)o1. The number of oxazole rings is 1. The molecule has 0 N–H and O–H groups in total. The molecule has 0 aliphatic rings. The van der Waals surface area contributed by atoms with Crippen LogP contribution in [0.25, 0.3) is 17.1 Å². The molecule has 142 valence electrons. The Balaban J connectivity index is 1.44. The highest BCUT2D eigenvalue weighted by molar-refractivity contribution is 5.58. The van der Waals surface area contributed by atoms with Gasteiger partial charge in [-0.25, -0.2) is 9.67 Å². The summed E-state index contributed by atoms with van der Waals surface area (Å²) in [6, 6.07) is 18.6. The third-order valence-corrected chi connectivity index (χ3v) is 4.85. The van der Waals surface area contributed by atoms with Crippen LogP contribution in [-0.4, -0.2) is 26.7 Å². The molecule has 0 unspecified atom stereocenters. The average molecular weight is 372 g/mol. The van der Waals surface area contributed by atoms with Crippen molar-refractivity contribution in [1.29, 1.82) is 0 Å². The maximum Gasteiger partial charge on any atom is 0.226 e. The van der Waals surface area contributed by atoms with Gasteiger partial charge in [0.25, 0.3) is 0 Å². The van der Waals surface area contributed by atoms with Crippen molar-refractivity contribution in [3.05, 3.63) is 89.6 Å². The second-order valence-electron chi connectivity index (χ2n) is 7.13. The fourth-order valence-corrected chi connectivity index (χ4v) is 3.30. The Hall–Kier alpha value is -3.18. The Morgan fingerprint density at radius 1 is 0.964 bits per heavy atom. The predicted octanol–water partition coefficient (Wildman–Crippen LogP) is 4.78. The van der Waals surface area contributed by atoms with E-state index in [-0.39, 0.29) is 0 Å². The zero-order chi connectivity index (χ0) is 19.5. The van der Waals surface area contributed by atoms with Crippen molar-refractivity contribution in [2.24, 2.45) is 0 Å². The summed E-state index contributed by atoms with van der Waals surface area (Å²) in [4.78, 5) is 7.00. The summed E-state index contributed by atoms with van der Waals surface area (Å²) in [6.45, 7) is 5.64. The van der Waals surface area contributed by atoms with Gasteiger partial charge in [-0.15, -0.1) is 0 Å². The molecule has 0 aliphatic carbocycles. The van der Waals surface area contributed by atoms with Crippen molar-refractivity contribution in [1.82, 2.24) is 19.7 Å². The van der Waals surface area contributed by atoms with Gasteiger partial charge in [-0.05, 0) is 56.3 Å². The molecule has 4 aromatic rings. The molecule has 2 aromatic carbocycles. The van der Waals surface area contributed by atoms with E-state index < -0.39 is 0 Å². The van der Waals surface area contributed by atoms with Crippen LogP contribution in [0.5, 0.6) is 0 Å². The number of aromatic nitrogens is 3. The van der Waals surface area contributed by atoms with Gasteiger partial charge in [0.15, 0.2) is 0 Å². The van der Waals surface area contributed by atoms with Gasteiger partial charge in [-0.2, -0.15) is 5.10 Å². The second-order valence-corrected chi connectivity index (χ2v) is 7.13. The van der Waals surface area contributed by atoms with Crippen molar-refractivity contribution in [2.75, 3.05) is 7.05 Å². The Kier molecular flexibility index (Phi) is 5.08. The lowest BCUT2D eigenvalue weighted by atomic mass is 10.1. The first kappa shape index (κ1) is 18.2. The maximum atomic E-state index is 5.94. The number of aryl methyl sites for hydroxylation is 2. The molecule has 0 saturated heterocycles. The summed E-state index contributed by atoms with van der Waals surface area (Å²) in [5.41, 5.74) is 5.51. The molecule has 0 radical (unpaired) electrons. The Labute approximate surface area is 165 Å². The molecule has 2 heterocycles. The minimum atomic E-state index is 0.697. The van der Waals surface area contributed by atoms with E-state index in [9.17, 15) is 0 Å². The van der Waals surface area contributed by atoms with Gasteiger partial charge in [0.1, 0.15) is 5.76 Å². The fraction of sp³-hybridized carbons (Fsp3) is 0.217. The van der Waals surface area contributed by atoms with Crippen LogP contribution in [0.1, 0.15) is 22.6 Å². The van der Waals surface area contributed by atoms with Crippen LogP contribution < -0.4 is 0 Å². The fourth-order valence-electron chi connectivity index (χ4n) is 3.30. The van der Waals surface area contributed by atoms with Crippen molar-refractivity contribution in [2.45, 2.75) is 26.9 Å². The molecular formula is C23H24N4O. The zero-order valence-corrected chi connectivity index (χ0v) is 16.5. The maximum absolute atomic E-state index is 5.94. The van der Waals surface area contributed by atoms with Gasteiger partial charge in [-0.1, -0.05) is 30.3 Å². The van der Waals surface area contributed by atoms with Crippen LogP contribution in [-0.2, 0) is 13.1 Å². The molecular weight excluding hydrogens is 348 g/mol. The van der Waals surface area contributed by atoms with Gasteiger partial charge >= 0.3 is 0 Å². The van der Waals surface area contributed by atoms with E-state index in [0.717, 1.165) is 35.8 Å². The minimum Gasteiger partial charge on any atom is -0.441 e. The van der Waals surface area contributed by atoms with Crippen molar-refractivity contribution >= 4 is 0 Å².